The van der Waals surface area contributed by atoms with Crippen molar-refractivity contribution in [1.82, 2.24) is 4.98 Å². The van der Waals surface area contributed by atoms with Crippen LogP contribution in [-0.4, -0.2) is 15.6 Å². The van der Waals surface area contributed by atoms with Crippen LogP contribution in [-0.2, 0) is 11.2 Å². The van der Waals surface area contributed by atoms with Gasteiger partial charge in [-0.2, -0.15) is 0 Å². The first kappa shape index (κ1) is 17.1. The predicted molar refractivity (Wildman–Crippen MR) is 101 cm³/mol. The maximum atomic E-state index is 4.63. The lowest BCUT2D eigenvalue weighted by Crippen LogP contribution is -2.10. The van der Waals surface area contributed by atoms with Gasteiger partial charge in [0.25, 0.3) is 0 Å². The van der Waals surface area contributed by atoms with Gasteiger partial charge in [-0.3, -0.25) is 4.98 Å². The van der Waals surface area contributed by atoms with Gasteiger partial charge in [0.2, 0.25) is 0 Å². The van der Waals surface area contributed by atoms with Crippen molar-refractivity contribution in [1.29, 1.82) is 0 Å². The van der Waals surface area contributed by atoms with Crippen LogP contribution in [0.1, 0.15) is 31.9 Å². The number of hydrogen-bond donors (Lipinski definition) is 0. The molecule has 116 valence electrons. The van der Waals surface area contributed by atoms with Crippen molar-refractivity contribution in [3.05, 3.63) is 59.9 Å². The van der Waals surface area contributed by atoms with E-state index in [4.69, 9.17) is 0 Å². The molecule has 22 heavy (non-hydrogen) atoms. The minimum Gasteiger partial charge on any atom is -0.262 e. The van der Waals surface area contributed by atoms with Gasteiger partial charge in [0, 0.05) is 11.9 Å². The van der Waals surface area contributed by atoms with Crippen molar-refractivity contribution in [2.24, 2.45) is 4.99 Å². The minimum absolute atomic E-state index is 0.206. The van der Waals surface area contributed by atoms with Crippen LogP contribution in [0.3, 0.4) is 0 Å². The maximum absolute atomic E-state index is 4.63. The second kappa shape index (κ2) is 7.84. The Bertz CT molecular complexity index is 614. The van der Waals surface area contributed by atoms with Crippen LogP contribution in [0.25, 0.3) is 0 Å². The highest BCUT2D eigenvalue weighted by atomic mass is 32.2. The Kier molecular flexibility index (Phi) is 6.09. The number of hydrogen-bond acceptors (Lipinski definition) is 4. The van der Waals surface area contributed by atoms with E-state index in [2.05, 4.69) is 61.3 Å². The van der Waals surface area contributed by atoms with Gasteiger partial charge in [0.05, 0.1) is 11.9 Å². The van der Waals surface area contributed by atoms with E-state index in [1.807, 2.05) is 12.1 Å². The molecule has 1 aromatic heterocycles. The van der Waals surface area contributed by atoms with E-state index in [-0.39, 0.29) is 5.41 Å². The molecule has 0 amide bonds. The van der Waals surface area contributed by atoms with E-state index >= 15 is 0 Å². The molecule has 0 saturated heterocycles. The Balaban J connectivity index is 2.00. The van der Waals surface area contributed by atoms with Crippen LogP contribution >= 0.6 is 23.5 Å². The van der Waals surface area contributed by atoms with Gasteiger partial charge >= 0.3 is 0 Å². The molecule has 0 unspecified atom stereocenters. The van der Waals surface area contributed by atoms with Crippen molar-refractivity contribution in [2.75, 3.05) is 6.26 Å². The third kappa shape index (κ3) is 5.18. The Hall–Kier alpha value is -1.26. The molecule has 0 atom stereocenters. The topological polar surface area (TPSA) is 25.2 Å². The lowest BCUT2D eigenvalue weighted by molar-refractivity contribution is 0.590. The van der Waals surface area contributed by atoms with Crippen molar-refractivity contribution in [2.45, 2.75) is 31.9 Å². The molecule has 0 aliphatic heterocycles. The fraction of sp³-hybridized carbons (Fsp3) is 0.333. The smallest absolute Gasteiger partial charge is 0.130 e. The summed E-state index contributed by atoms with van der Waals surface area (Å²) in [5.74, 6) is 0.935. The Labute approximate surface area is 141 Å². The van der Waals surface area contributed by atoms with Gasteiger partial charge in [-0.05, 0) is 34.9 Å². The normalized spacial score (nSPS) is 12.5. The highest BCUT2D eigenvalue weighted by Crippen LogP contribution is 2.26. The monoisotopic (exact) mass is 330 g/mol. The largest absolute Gasteiger partial charge is 0.262 e. The molecule has 0 N–H and O–H groups in total. The summed E-state index contributed by atoms with van der Waals surface area (Å²) in [6.45, 7) is 6.72. The summed E-state index contributed by atoms with van der Waals surface area (Å²) in [6, 6.07) is 12.8. The van der Waals surface area contributed by atoms with Crippen LogP contribution < -0.4 is 0 Å². The Morgan fingerprint density at radius 1 is 1.14 bits per heavy atom. The fourth-order valence-electron chi connectivity index (χ4n) is 1.91. The molecule has 4 heteroatoms. The first-order chi connectivity index (χ1) is 10.5. The molecule has 0 aliphatic rings. The van der Waals surface area contributed by atoms with E-state index in [0.717, 1.165) is 15.8 Å². The van der Waals surface area contributed by atoms with Gasteiger partial charge in [0.15, 0.2) is 0 Å². The van der Waals surface area contributed by atoms with Crippen LogP contribution in [0.2, 0.25) is 0 Å². The summed E-state index contributed by atoms with van der Waals surface area (Å²) in [4.78, 5) is 8.73. The van der Waals surface area contributed by atoms with Crippen molar-refractivity contribution in [3.8, 4) is 0 Å². The molecule has 0 saturated carbocycles. The first-order valence-electron chi connectivity index (χ1n) is 7.24. The van der Waals surface area contributed by atoms with Crippen molar-refractivity contribution in [3.63, 3.8) is 0 Å². The van der Waals surface area contributed by atoms with Crippen LogP contribution in [0.15, 0.2) is 53.8 Å². The number of rotatable bonds is 3. The zero-order chi connectivity index (χ0) is 16.0. The number of thioether (sulfide) groups is 2. The second-order valence-corrected chi connectivity index (χ2v) is 8.05. The number of aliphatic imine (C=N–C) groups is 1. The summed E-state index contributed by atoms with van der Waals surface area (Å²) in [5, 5.41) is 0. The number of nitrogens with zero attached hydrogens (tertiary/aromatic N) is 2. The van der Waals surface area contributed by atoms with E-state index in [9.17, 15) is 0 Å². The van der Waals surface area contributed by atoms with Gasteiger partial charge in [-0.25, -0.2) is 4.99 Å². The summed E-state index contributed by atoms with van der Waals surface area (Å²) in [7, 11) is 0. The molecule has 0 spiro atoms. The molecular formula is C18H22N2S2. The average Bonchev–Trinajstić information content (AvgIpc) is 2.52. The summed E-state index contributed by atoms with van der Waals surface area (Å²) in [5.41, 5.74) is 3.81. The third-order valence-corrected chi connectivity index (χ3v) is 5.33. The zero-order valence-corrected chi connectivity index (χ0v) is 15.2. The molecule has 1 heterocycles. The molecule has 2 aromatic rings. The number of pyridine rings is 1. The van der Waals surface area contributed by atoms with Gasteiger partial charge < -0.3 is 0 Å². The molecule has 0 aliphatic carbocycles. The molecule has 0 fully saturated rings. The van der Waals surface area contributed by atoms with Crippen LogP contribution in [0.5, 0.6) is 0 Å². The molecule has 0 radical (unpaired) electrons. The SMILES string of the molecule is CSC(=Nc1cccnc1)SCc1ccc(C(C)(C)C)cc1. The van der Waals surface area contributed by atoms with Gasteiger partial charge in [-0.1, -0.05) is 56.8 Å². The quantitative estimate of drug-likeness (QED) is 0.536. The number of aromatic nitrogens is 1. The standard InChI is InChI=1S/C18H22N2S2/c1-18(2,3)15-9-7-14(8-10-15)13-22-17(21-4)20-16-6-5-11-19-12-16/h5-12H,13H2,1-4H3. The third-order valence-electron chi connectivity index (χ3n) is 3.22. The number of benzene rings is 1. The lowest BCUT2D eigenvalue weighted by Gasteiger charge is -2.19. The maximum Gasteiger partial charge on any atom is 0.130 e. The van der Waals surface area contributed by atoms with Crippen LogP contribution in [0, 0.1) is 0 Å². The molecule has 2 rings (SSSR count). The Morgan fingerprint density at radius 2 is 1.86 bits per heavy atom. The van der Waals surface area contributed by atoms with Gasteiger partial charge in [-0.15, -0.1) is 11.8 Å². The highest BCUT2D eigenvalue weighted by Gasteiger charge is 2.12. The summed E-state index contributed by atoms with van der Waals surface area (Å²) < 4.78 is 1.06. The second-order valence-electron chi connectivity index (χ2n) is 6.03. The van der Waals surface area contributed by atoms with Gasteiger partial charge in [0.1, 0.15) is 4.38 Å². The molecular weight excluding hydrogens is 308 g/mol. The fourth-order valence-corrected chi connectivity index (χ4v) is 3.41. The van der Waals surface area contributed by atoms with Crippen molar-refractivity contribution >= 4 is 33.6 Å². The minimum atomic E-state index is 0.206. The van der Waals surface area contributed by atoms with E-state index in [0.29, 0.717) is 0 Å². The molecule has 2 nitrogen and oxygen atoms in total. The highest BCUT2D eigenvalue weighted by molar-refractivity contribution is 8.38. The van der Waals surface area contributed by atoms with E-state index in [1.54, 1.807) is 35.9 Å². The van der Waals surface area contributed by atoms with E-state index in [1.165, 1.54) is 11.1 Å². The zero-order valence-electron chi connectivity index (χ0n) is 13.5. The summed E-state index contributed by atoms with van der Waals surface area (Å²) >= 11 is 3.44. The van der Waals surface area contributed by atoms with E-state index < -0.39 is 0 Å². The predicted octanol–water partition coefficient (Wildman–Crippen LogP) is 5.66. The van der Waals surface area contributed by atoms with Crippen LogP contribution in [0.4, 0.5) is 5.69 Å². The molecule has 1 aromatic carbocycles. The molecule has 0 bridgehead atoms. The summed E-state index contributed by atoms with van der Waals surface area (Å²) in [6.07, 6.45) is 5.61. The first-order valence-corrected chi connectivity index (χ1v) is 9.45. The Morgan fingerprint density at radius 3 is 2.41 bits per heavy atom. The van der Waals surface area contributed by atoms with Crippen molar-refractivity contribution < 1.29 is 0 Å². The average molecular weight is 331 g/mol. The lowest BCUT2D eigenvalue weighted by atomic mass is 9.87.